The molecule has 1 heterocycles. The van der Waals surface area contributed by atoms with Crippen molar-refractivity contribution in [3.8, 4) is 11.5 Å². The second-order valence-electron chi connectivity index (χ2n) is 8.20. The van der Waals surface area contributed by atoms with Gasteiger partial charge in [0.1, 0.15) is 0 Å². The molecule has 0 bridgehead atoms. The van der Waals surface area contributed by atoms with Gasteiger partial charge < -0.3 is 19.7 Å². The number of halogens is 1. The van der Waals surface area contributed by atoms with E-state index in [2.05, 4.69) is 22.2 Å². The van der Waals surface area contributed by atoms with Crippen LogP contribution in [0.2, 0.25) is 0 Å². The van der Waals surface area contributed by atoms with Crippen LogP contribution in [-0.2, 0) is 4.79 Å². The Morgan fingerprint density at radius 3 is 2.34 bits per heavy atom. The zero-order valence-electron chi connectivity index (χ0n) is 18.0. The fraction of sp³-hybridized carbons (Fsp3) is 0.682. The highest BCUT2D eigenvalue weighted by atomic mass is 35.5. The molecule has 1 aliphatic carbocycles. The number of hydrogen-bond acceptors (Lipinski definition) is 5. The van der Waals surface area contributed by atoms with Gasteiger partial charge in [-0.1, -0.05) is 31.4 Å². The van der Waals surface area contributed by atoms with E-state index in [0.717, 1.165) is 26.2 Å². The lowest BCUT2D eigenvalue weighted by molar-refractivity contribution is -0.128. The minimum absolute atomic E-state index is 0. The van der Waals surface area contributed by atoms with Gasteiger partial charge in [-0.3, -0.25) is 9.69 Å². The largest absolute Gasteiger partial charge is 0.493 e. The molecule has 2 aliphatic rings. The van der Waals surface area contributed by atoms with E-state index in [4.69, 9.17) is 9.47 Å². The highest BCUT2D eigenvalue weighted by Gasteiger charge is 2.39. The summed E-state index contributed by atoms with van der Waals surface area (Å²) in [4.78, 5) is 17.8. The van der Waals surface area contributed by atoms with Crippen LogP contribution in [0.4, 0.5) is 0 Å². The summed E-state index contributed by atoms with van der Waals surface area (Å²) in [5, 5.41) is 3.20. The normalized spacial score (nSPS) is 20.9. The molecule has 1 aromatic rings. The van der Waals surface area contributed by atoms with Crippen LogP contribution in [0.25, 0.3) is 0 Å². The highest BCUT2D eigenvalue weighted by Crippen LogP contribution is 2.34. The SMILES string of the molecule is COc1ccccc1OC(C)C(=O)NCC1(N2CCN(C)CC2)CCCCC1.Cl. The van der Waals surface area contributed by atoms with Gasteiger partial charge in [0.25, 0.3) is 5.91 Å². The molecule has 0 spiro atoms. The van der Waals surface area contributed by atoms with Crippen LogP contribution in [0, 0.1) is 0 Å². The molecule has 1 unspecified atom stereocenters. The first-order chi connectivity index (χ1) is 13.5. The van der Waals surface area contributed by atoms with Crippen molar-refractivity contribution in [1.82, 2.24) is 15.1 Å². The van der Waals surface area contributed by atoms with Gasteiger partial charge in [0.15, 0.2) is 17.6 Å². The summed E-state index contributed by atoms with van der Waals surface area (Å²) >= 11 is 0. The van der Waals surface area contributed by atoms with Crippen molar-refractivity contribution in [2.75, 3.05) is 46.9 Å². The molecule has 0 aromatic heterocycles. The van der Waals surface area contributed by atoms with Crippen LogP contribution in [0.15, 0.2) is 24.3 Å². The number of para-hydroxylation sites is 2. The van der Waals surface area contributed by atoms with Gasteiger partial charge in [0, 0.05) is 38.3 Å². The Morgan fingerprint density at radius 1 is 1.10 bits per heavy atom. The lowest BCUT2D eigenvalue weighted by Crippen LogP contribution is -2.62. The first-order valence-electron chi connectivity index (χ1n) is 10.5. The Kier molecular flexibility index (Phi) is 9.05. The fourth-order valence-electron chi connectivity index (χ4n) is 4.45. The number of piperazine rings is 1. The van der Waals surface area contributed by atoms with Crippen LogP contribution in [0.1, 0.15) is 39.0 Å². The van der Waals surface area contributed by atoms with Crippen LogP contribution in [0.3, 0.4) is 0 Å². The molecule has 1 aliphatic heterocycles. The maximum Gasteiger partial charge on any atom is 0.260 e. The molecular weight excluding hydrogens is 390 g/mol. The van der Waals surface area contributed by atoms with Crippen LogP contribution in [-0.4, -0.2) is 74.2 Å². The molecular formula is C22H36ClN3O3. The van der Waals surface area contributed by atoms with Gasteiger partial charge in [-0.2, -0.15) is 0 Å². The Hall–Kier alpha value is -1.50. The molecule has 1 saturated carbocycles. The summed E-state index contributed by atoms with van der Waals surface area (Å²) in [6.45, 7) is 6.87. The maximum absolute atomic E-state index is 12.8. The molecule has 1 amide bonds. The monoisotopic (exact) mass is 425 g/mol. The quantitative estimate of drug-likeness (QED) is 0.727. The molecule has 29 heavy (non-hydrogen) atoms. The summed E-state index contributed by atoms with van der Waals surface area (Å²) in [7, 11) is 3.79. The number of carbonyl (C=O) groups is 1. The average Bonchev–Trinajstić information content (AvgIpc) is 2.73. The number of likely N-dealkylation sites (N-methyl/N-ethyl adjacent to an activating group) is 1. The molecule has 164 valence electrons. The van der Waals surface area contributed by atoms with Crippen molar-refractivity contribution in [2.45, 2.75) is 50.7 Å². The Balaban J connectivity index is 0.00000300. The number of benzene rings is 1. The second kappa shape index (κ2) is 11.0. The van der Waals surface area contributed by atoms with Crippen molar-refractivity contribution in [3.05, 3.63) is 24.3 Å². The number of rotatable bonds is 7. The van der Waals surface area contributed by atoms with Crippen molar-refractivity contribution in [3.63, 3.8) is 0 Å². The second-order valence-corrected chi connectivity index (χ2v) is 8.20. The lowest BCUT2D eigenvalue weighted by Gasteiger charge is -2.49. The average molecular weight is 426 g/mol. The van der Waals surface area contributed by atoms with E-state index in [1.54, 1.807) is 14.0 Å². The van der Waals surface area contributed by atoms with E-state index in [9.17, 15) is 4.79 Å². The number of nitrogens with zero attached hydrogens (tertiary/aromatic N) is 2. The van der Waals surface area contributed by atoms with E-state index in [0.29, 0.717) is 18.0 Å². The topological polar surface area (TPSA) is 54.0 Å². The lowest BCUT2D eigenvalue weighted by atomic mass is 9.79. The van der Waals surface area contributed by atoms with Gasteiger partial charge in [-0.05, 0) is 38.9 Å². The summed E-state index contributed by atoms with van der Waals surface area (Å²) in [6, 6.07) is 7.44. The zero-order chi connectivity index (χ0) is 20.0. The van der Waals surface area contributed by atoms with E-state index in [1.807, 2.05) is 24.3 Å². The molecule has 1 N–H and O–H groups in total. The molecule has 6 nitrogen and oxygen atoms in total. The van der Waals surface area contributed by atoms with Crippen LogP contribution >= 0.6 is 12.4 Å². The van der Waals surface area contributed by atoms with Crippen LogP contribution < -0.4 is 14.8 Å². The number of nitrogens with one attached hydrogen (secondary N) is 1. The van der Waals surface area contributed by atoms with Gasteiger partial charge in [0.05, 0.1) is 7.11 Å². The number of carbonyl (C=O) groups excluding carboxylic acids is 1. The third kappa shape index (κ3) is 6.00. The van der Waals surface area contributed by atoms with Gasteiger partial charge in [-0.25, -0.2) is 0 Å². The first-order valence-corrected chi connectivity index (χ1v) is 10.5. The van der Waals surface area contributed by atoms with E-state index in [1.165, 1.54) is 32.1 Å². The zero-order valence-corrected chi connectivity index (χ0v) is 18.8. The fourth-order valence-corrected chi connectivity index (χ4v) is 4.45. The predicted octanol–water partition coefficient (Wildman–Crippen LogP) is 2.95. The third-order valence-corrected chi connectivity index (χ3v) is 6.29. The first kappa shape index (κ1) is 23.8. The summed E-state index contributed by atoms with van der Waals surface area (Å²) in [5.41, 5.74) is 0.0966. The Labute approximate surface area is 181 Å². The summed E-state index contributed by atoms with van der Waals surface area (Å²) in [5.74, 6) is 1.17. The van der Waals surface area contributed by atoms with Gasteiger partial charge in [0.2, 0.25) is 0 Å². The number of amides is 1. The van der Waals surface area contributed by atoms with Crippen molar-refractivity contribution >= 4 is 18.3 Å². The standard InChI is InChI=1S/C22H35N3O3.ClH/c1-18(28-20-10-6-5-9-19(20)27-3)21(26)23-17-22(11-7-4-8-12-22)25-15-13-24(2)14-16-25;/h5-6,9-10,18H,4,7-8,11-17H2,1-3H3,(H,23,26);1H. The molecule has 1 aromatic carbocycles. The van der Waals surface area contributed by atoms with Crippen molar-refractivity contribution < 1.29 is 14.3 Å². The minimum Gasteiger partial charge on any atom is -0.493 e. The van der Waals surface area contributed by atoms with E-state index >= 15 is 0 Å². The van der Waals surface area contributed by atoms with E-state index < -0.39 is 6.10 Å². The van der Waals surface area contributed by atoms with Crippen molar-refractivity contribution in [1.29, 1.82) is 0 Å². The summed E-state index contributed by atoms with van der Waals surface area (Å²) < 4.78 is 11.2. The predicted molar refractivity (Wildman–Crippen MR) is 118 cm³/mol. The maximum atomic E-state index is 12.8. The molecule has 7 heteroatoms. The minimum atomic E-state index is -0.565. The Morgan fingerprint density at radius 2 is 1.72 bits per heavy atom. The summed E-state index contributed by atoms with van der Waals surface area (Å²) in [6.07, 6.45) is 5.56. The molecule has 1 atom stereocenters. The van der Waals surface area contributed by atoms with Crippen LogP contribution in [0.5, 0.6) is 11.5 Å². The van der Waals surface area contributed by atoms with E-state index in [-0.39, 0.29) is 23.9 Å². The smallest absolute Gasteiger partial charge is 0.260 e. The number of ether oxygens (including phenoxy) is 2. The number of hydrogen-bond donors (Lipinski definition) is 1. The highest BCUT2D eigenvalue weighted by molar-refractivity contribution is 5.85. The van der Waals surface area contributed by atoms with Gasteiger partial charge in [-0.15, -0.1) is 12.4 Å². The number of methoxy groups -OCH3 is 1. The third-order valence-electron chi connectivity index (χ3n) is 6.29. The molecule has 1 saturated heterocycles. The van der Waals surface area contributed by atoms with Gasteiger partial charge >= 0.3 is 0 Å². The molecule has 0 radical (unpaired) electrons. The Bertz CT molecular complexity index is 644. The van der Waals surface area contributed by atoms with Crippen molar-refractivity contribution in [2.24, 2.45) is 0 Å². The molecule has 2 fully saturated rings. The molecule has 3 rings (SSSR count).